The van der Waals surface area contributed by atoms with Crippen LogP contribution in [-0.2, 0) is 14.3 Å². The van der Waals surface area contributed by atoms with Crippen molar-refractivity contribution in [2.75, 3.05) is 13.2 Å². The summed E-state index contributed by atoms with van der Waals surface area (Å²) < 4.78 is 5.50. The lowest BCUT2D eigenvalue weighted by Gasteiger charge is -2.20. The summed E-state index contributed by atoms with van der Waals surface area (Å²) in [6.07, 6.45) is 97.6. The van der Waals surface area contributed by atoms with E-state index in [0.717, 1.165) is 57.8 Å². The molecular weight excluding hydrogens is 1030 g/mol. The van der Waals surface area contributed by atoms with E-state index in [0.29, 0.717) is 19.4 Å². The van der Waals surface area contributed by atoms with Crippen molar-refractivity contribution in [2.45, 2.75) is 411 Å². The minimum Gasteiger partial charge on any atom is -0.466 e. The number of carbonyl (C=O) groups is 2. The molecule has 0 aliphatic carbocycles. The first-order valence-corrected chi connectivity index (χ1v) is 37.6. The second-order valence-corrected chi connectivity index (χ2v) is 25.6. The lowest BCUT2D eigenvalue weighted by atomic mass is 10.0. The summed E-state index contributed by atoms with van der Waals surface area (Å²) in [7, 11) is 0. The highest BCUT2D eigenvalue weighted by Crippen LogP contribution is 2.18. The van der Waals surface area contributed by atoms with Crippen LogP contribution in [-0.4, -0.2) is 47.4 Å². The van der Waals surface area contributed by atoms with Gasteiger partial charge in [-0.05, 0) is 96.3 Å². The molecule has 0 saturated carbocycles. The standard InChI is InChI=1S/C78H145NO5/c1-3-5-7-9-11-13-15-17-18-40-44-48-52-56-60-64-68-72-78(83)84-73-69-65-61-57-53-49-45-42-39-37-35-33-31-29-27-25-23-21-19-20-22-24-26-28-30-32-34-36-38-41-43-47-51-55-59-63-67-71-77(82)79-75(74-80)76(81)70-66-62-58-54-50-46-16-14-12-10-8-6-4-2/h11,13,17-19,21,25,27,66,70,75-76,80-81H,3-10,12,14-16,20,22-24,26,28-65,67-69,71-74H2,1-2H3,(H,79,82)/b13-11-,18-17-,21-19-,27-25-,70-66+. The van der Waals surface area contributed by atoms with Gasteiger partial charge in [0.2, 0.25) is 5.91 Å². The second kappa shape index (κ2) is 73.0. The van der Waals surface area contributed by atoms with Gasteiger partial charge in [0.05, 0.1) is 25.4 Å². The number of allylic oxidation sites excluding steroid dienone is 9. The molecule has 3 N–H and O–H groups in total. The predicted octanol–water partition coefficient (Wildman–Crippen LogP) is 24.6. The molecule has 2 unspecified atom stereocenters. The van der Waals surface area contributed by atoms with Gasteiger partial charge in [0, 0.05) is 12.8 Å². The number of aliphatic hydroxyl groups excluding tert-OH is 2. The molecule has 492 valence electrons. The van der Waals surface area contributed by atoms with E-state index in [9.17, 15) is 19.8 Å². The Morgan fingerprint density at radius 2 is 0.595 bits per heavy atom. The summed E-state index contributed by atoms with van der Waals surface area (Å²) in [5.41, 5.74) is 0. The van der Waals surface area contributed by atoms with E-state index in [1.54, 1.807) is 6.08 Å². The average molecular weight is 1180 g/mol. The van der Waals surface area contributed by atoms with Crippen molar-refractivity contribution in [3.63, 3.8) is 0 Å². The van der Waals surface area contributed by atoms with E-state index in [-0.39, 0.29) is 18.5 Å². The Hall–Kier alpha value is -2.44. The Balaban J connectivity index is 3.36. The summed E-state index contributed by atoms with van der Waals surface area (Å²) >= 11 is 0. The van der Waals surface area contributed by atoms with E-state index in [1.807, 2.05) is 6.08 Å². The summed E-state index contributed by atoms with van der Waals surface area (Å²) in [4.78, 5) is 24.6. The third kappa shape index (κ3) is 68.7. The van der Waals surface area contributed by atoms with Gasteiger partial charge in [0.15, 0.2) is 0 Å². The highest BCUT2D eigenvalue weighted by atomic mass is 16.5. The van der Waals surface area contributed by atoms with Gasteiger partial charge in [0.25, 0.3) is 0 Å². The van der Waals surface area contributed by atoms with Crippen molar-refractivity contribution < 1.29 is 24.5 Å². The first-order chi connectivity index (χ1) is 41.5. The van der Waals surface area contributed by atoms with Crippen LogP contribution in [0.2, 0.25) is 0 Å². The summed E-state index contributed by atoms with van der Waals surface area (Å²) in [5.74, 6) is -0.0536. The molecule has 0 aromatic heterocycles. The molecule has 2 atom stereocenters. The summed E-state index contributed by atoms with van der Waals surface area (Å²) in [6, 6.07) is -0.626. The maximum Gasteiger partial charge on any atom is 0.305 e. The molecule has 0 heterocycles. The zero-order chi connectivity index (χ0) is 60.6. The number of esters is 1. The van der Waals surface area contributed by atoms with E-state index in [1.165, 1.54) is 315 Å². The molecule has 0 aliphatic rings. The molecule has 0 aromatic carbocycles. The van der Waals surface area contributed by atoms with Crippen LogP contribution in [0.4, 0.5) is 0 Å². The molecule has 0 bridgehead atoms. The number of unbranched alkanes of at least 4 members (excludes halogenated alkanes) is 51. The number of amides is 1. The molecule has 6 heteroatoms. The van der Waals surface area contributed by atoms with Crippen molar-refractivity contribution in [1.82, 2.24) is 5.32 Å². The number of nitrogens with one attached hydrogen (secondary N) is 1. The quantitative estimate of drug-likeness (QED) is 0.0320. The van der Waals surface area contributed by atoms with Crippen molar-refractivity contribution in [3.8, 4) is 0 Å². The van der Waals surface area contributed by atoms with Gasteiger partial charge in [-0.25, -0.2) is 0 Å². The Labute approximate surface area is 524 Å². The Bertz CT molecular complexity index is 1450. The largest absolute Gasteiger partial charge is 0.466 e. The molecule has 0 aromatic rings. The molecule has 0 fully saturated rings. The average Bonchev–Trinajstić information content (AvgIpc) is 3.54. The SMILES string of the molecule is CCCCC/C=C\C/C=C\CCCCCCCCCC(=O)OCCCCCCCCCCCCCCC/C=C\C/C=C\CCCCCCCCCCCCCCCCCCCC(=O)NC(CO)C(O)/C=C/CCCCCCCCCCCCC. The Morgan fingerprint density at radius 3 is 0.929 bits per heavy atom. The number of aliphatic hydroxyl groups is 2. The number of hydrogen-bond donors (Lipinski definition) is 3. The summed E-state index contributed by atoms with van der Waals surface area (Å²) in [5, 5.41) is 23.1. The van der Waals surface area contributed by atoms with Gasteiger partial charge in [-0.3, -0.25) is 9.59 Å². The molecule has 0 rings (SSSR count). The molecule has 0 saturated heterocycles. The molecule has 0 spiro atoms. The topological polar surface area (TPSA) is 95.9 Å². The second-order valence-electron chi connectivity index (χ2n) is 25.6. The first-order valence-electron chi connectivity index (χ1n) is 37.6. The van der Waals surface area contributed by atoms with E-state index >= 15 is 0 Å². The van der Waals surface area contributed by atoms with E-state index < -0.39 is 12.1 Å². The zero-order valence-electron chi connectivity index (χ0n) is 56.4. The predicted molar refractivity (Wildman–Crippen MR) is 370 cm³/mol. The minimum absolute atomic E-state index is 0.0107. The molecule has 1 amide bonds. The third-order valence-corrected chi connectivity index (χ3v) is 17.3. The van der Waals surface area contributed by atoms with Gasteiger partial charge < -0.3 is 20.3 Å². The summed E-state index contributed by atoms with van der Waals surface area (Å²) in [6.45, 7) is 4.89. The smallest absolute Gasteiger partial charge is 0.305 e. The molecule has 6 nitrogen and oxygen atoms in total. The van der Waals surface area contributed by atoms with Crippen LogP contribution in [0.3, 0.4) is 0 Å². The zero-order valence-corrected chi connectivity index (χ0v) is 56.4. The Kier molecular flexibility index (Phi) is 70.9. The van der Waals surface area contributed by atoms with Crippen LogP contribution in [0.1, 0.15) is 399 Å². The van der Waals surface area contributed by atoms with Crippen LogP contribution in [0.5, 0.6) is 0 Å². The van der Waals surface area contributed by atoms with Gasteiger partial charge in [0.1, 0.15) is 0 Å². The maximum absolute atomic E-state index is 12.5. The van der Waals surface area contributed by atoms with Gasteiger partial charge >= 0.3 is 5.97 Å². The van der Waals surface area contributed by atoms with E-state index in [2.05, 4.69) is 67.8 Å². The molecule has 84 heavy (non-hydrogen) atoms. The minimum atomic E-state index is -0.842. The molecule has 0 radical (unpaired) electrons. The normalized spacial score (nSPS) is 12.9. The number of carbonyl (C=O) groups excluding carboxylic acids is 2. The lowest BCUT2D eigenvalue weighted by Crippen LogP contribution is -2.45. The van der Waals surface area contributed by atoms with Crippen LogP contribution >= 0.6 is 0 Å². The molecule has 0 aliphatic heterocycles. The fourth-order valence-corrected chi connectivity index (χ4v) is 11.5. The molecular formula is C78H145NO5. The van der Waals surface area contributed by atoms with Crippen LogP contribution in [0.15, 0.2) is 60.8 Å². The van der Waals surface area contributed by atoms with Gasteiger partial charge in [-0.2, -0.15) is 0 Å². The number of ether oxygens (including phenoxy) is 1. The fraction of sp³-hybridized carbons (Fsp3) is 0.846. The van der Waals surface area contributed by atoms with E-state index in [4.69, 9.17) is 4.74 Å². The number of hydrogen-bond acceptors (Lipinski definition) is 5. The third-order valence-electron chi connectivity index (χ3n) is 17.3. The van der Waals surface area contributed by atoms with Crippen LogP contribution in [0, 0.1) is 0 Å². The van der Waals surface area contributed by atoms with Crippen molar-refractivity contribution in [1.29, 1.82) is 0 Å². The fourth-order valence-electron chi connectivity index (χ4n) is 11.5. The van der Waals surface area contributed by atoms with Crippen LogP contribution in [0.25, 0.3) is 0 Å². The van der Waals surface area contributed by atoms with Crippen molar-refractivity contribution >= 4 is 11.9 Å². The highest BCUT2D eigenvalue weighted by molar-refractivity contribution is 5.76. The van der Waals surface area contributed by atoms with Crippen LogP contribution < -0.4 is 5.32 Å². The Morgan fingerprint density at radius 1 is 0.333 bits per heavy atom. The first kappa shape index (κ1) is 81.6. The van der Waals surface area contributed by atoms with Gasteiger partial charge in [-0.1, -0.05) is 351 Å². The maximum atomic E-state index is 12.5. The van der Waals surface area contributed by atoms with Crippen molar-refractivity contribution in [2.24, 2.45) is 0 Å². The van der Waals surface area contributed by atoms with Crippen molar-refractivity contribution in [3.05, 3.63) is 60.8 Å². The highest BCUT2D eigenvalue weighted by Gasteiger charge is 2.18. The monoisotopic (exact) mass is 1180 g/mol. The van der Waals surface area contributed by atoms with Gasteiger partial charge in [-0.15, -0.1) is 0 Å². The number of rotatable bonds is 70. The lowest BCUT2D eigenvalue weighted by molar-refractivity contribution is -0.143.